The molecular formula is C20H41IN4O2. The van der Waals surface area contributed by atoms with E-state index in [-0.39, 0.29) is 29.4 Å². The van der Waals surface area contributed by atoms with Gasteiger partial charge in [-0.2, -0.15) is 0 Å². The molecule has 2 aliphatic rings. The van der Waals surface area contributed by atoms with E-state index in [0.717, 1.165) is 45.2 Å². The second-order valence-corrected chi connectivity index (χ2v) is 8.72. The van der Waals surface area contributed by atoms with Crippen molar-refractivity contribution in [3.8, 4) is 0 Å². The molecule has 0 aromatic rings. The van der Waals surface area contributed by atoms with Crippen molar-refractivity contribution in [3.05, 3.63) is 0 Å². The molecule has 0 amide bonds. The van der Waals surface area contributed by atoms with Crippen molar-refractivity contribution in [2.45, 2.75) is 58.6 Å². The molecule has 3 atom stereocenters. The molecule has 0 aliphatic carbocycles. The number of methoxy groups -OCH3 is 1. The number of hydrogen-bond donors (Lipinski definition) is 2. The van der Waals surface area contributed by atoms with Crippen LogP contribution in [0.25, 0.3) is 0 Å². The monoisotopic (exact) mass is 496 g/mol. The van der Waals surface area contributed by atoms with Crippen molar-refractivity contribution < 1.29 is 9.47 Å². The van der Waals surface area contributed by atoms with Gasteiger partial charge >= 0.3 is 0 Å². The lowest BCUT2D eigenvalue weighted by molar-refractivity contribution is -0.0835. The molecule has 2 rings (SSSR count). The van der Waals surface area contributed by atoms with E-state index in [1.54, 1.807) is 7.11 Å². The third kappa shape index (κ3) is 8.03. The van der Waals surface area contributed by atoms with Crippen molar-refractivity contribution in [2.24, 2.45) is 16.3 Å². The van der Waals surface area contributed by atoms with Crippen LogP contribution in [-0.2, 0) is 9.47 Å². The maximum absolute atomic E-state index is 6.09. The maximum Gasteiger partial charge on any atom is 0.191 e. The molecule has 2 aliphatic heterocycles. The summed E-state index contributed by atoms with van der Waals surface area (Å²) >= 11 is 0. The predicted molar refractivity (Wildman–Crippen MR) is 123 cm³/mol. The van der Waals surface area contributed by atoms with E-state index in [1.807, 2.05) is 7.05 Å². The molecule has 7 heteroatoms. The molecule has 2 fully saturated rings. The molecule has 2 N–H and O–H groups in total. The highest BCUT2D eigenvalue weighted by Crippen LogP contribution is 2.33. The number of rotatable bonds is 7. The number of guanidine groups is 1. The molecule has 0 bridgehead atoms. The maximum atomic E-state index is 6.09. The van der Waals surface area contributed by atoms with Crippen molar-refractivity contribution in [1.29, 1.82) is 0 Å². The highest BCUT2D eigenvalue weighted by molar-refractivity contribution is 14.0. The highest BCUT2D eigenvalue weighted by Gasteiger charge is 2.35. The summed E-state index contributed by atoms with van der Waals surface area (Å²) in [5.74, 6) is 1.44. The Bertz CT molecular complexity index is 442. The van der Waals surface area contributed by atoms with E-state index >= 15 is 0 Å². The van der Waals surface area contributed by atoms with Gasteiger partial charge in [0.15, 0.2) is 5.96 Å². The third-order valence-corrected chi connectivity index (χ3v) is 5.64. The van der Waals surface area contributed by atoms with E-state index in [0.29, 0.717) is 18.1 Å². The lowest BCUT2D eigenvalue weighted by Gasteiger charge is -2.40. The normalized spacial score (nSPS) is 27.3. The summed E-state index contributed by atoms with van der Waals surface area (Å²) in [7, 11) is 3.63. The van der Waals surface area contributed by atoms with Gasteiger partial charge in [-0.25, -0.2) is 0 Å². The second-order valence-electron chi connectivity index (χ2n) is 8.72. The fraction of sp³-hybridized carbons (Fsp3) is 0.950. The van der Waals surface area contributed by atoms with Crippen LogP contribution in [0.15, 0.2) is 4.99 Å². The standard InChI is InChI=1S/C20H40N4O2.HI/c1-20(2,3)18-16(8-7-12-26-18)14-22-19(21-4)23-15-17-9-6-10-24(17)11-13-25-5;/h16-18H,6-15H2,1-5H3,(H2,21,22,23);1H. The Morgan fingerprint density at radius 1 is 1.19 bits per heavy atom. The summed E-state index contributed by atoms with van der Waals surface area (Å²) in [6.07, 6.45) is 5.20. The summed E-state index contributed by atoms with van der Waals surface area (Å²) in [5, 5.41) is 7.07. The van der Waals surface area contributed by atoms with E-state index < -0.39 is 0 Å². The topological polar surface area (TPSA) is 58.1 Å². The van der Waals surface area contributed by atoms with Gasteiger partial charge in [0.05, 0.1) is 12.7 Å². The molecule has 3 unspecified atom stereocenters. The van der Waals surface area contributed by atoms with Gasteiger partial charge in [-0.1, -0.05) is 20.8 Å². The molecule has 0 radical (unpaired) electrons. The van der Waals surface area contributed by atoms with Gasteiger partial charge in [0.1, 0.15) is 0 Å². The van der Waals surface area contributed by atoms with Crippen LogP contribution < -0.4 is 10.6 Å². The highest BCUT2D eigenvalue weighted by atomic mass is 127. The smallest absolute Gasteiger partial charge is 0.191 e. The molecule has 0 spiro atoms. The van der Waals surface area contributed by atoms with E-state index in [2.05, 4.69) is 41.3 Å². The first-order valence-electron chi connectivity index (χ1n) is 10.2. The number of ether oxygens (including phenoxy) is 2. The van der Waals surface area contributed by atoms with E-state index in [9.17, 15) is 0 Å². The number of nitrogens with zero attached hydrogens (tertiary/aromatic N) is 2. The average Bonchev–Trinajstić information content (AvgIpc) is 3.07. The fourth-order valence-electron chi connectivity index (χ4n) is 4.30. The number of halogens is 1. The summed E-state index contributed by atoms with van der Waals surface area (Å²) in [6, 6.07) is 0.573. The minimum atomic E-state index is 0. The first-order chi connectivity index (χ1) is 12.5. The third-order valence-electron chi connectivity index (χ3n) is 5.64. The molecule has 2 heterocycles. The van der Waals surface area contributed by atoms with Crippen LogP contribution in [-0.4, -0.2) is 76.6 Å². The molecule has 2 saturated heterocycles. The van der Waals surface area contributed by atoms with Gasteiger partial charge in [0.25, 0.3) is 0 Å². The number of aliphatic imine (C=N–C) groups is 1. The molecule has 160 valence electrons. The summed E-state index contributed by atoms with van der Waals surface area (Å²) in [4.78, 5) is 6.94. The van der Waals surface area contributed by atoms with Crippen LogP contribution in [0.5, 0.6) is 0 Å². The zero-order chi connectivity index (χ0) is 19.0. The van der Waals surface area contributed by atoms with Crippen molar-refractivity contribution in [2.75, 3.05) is 53.6 Å². The zero-order valence-electron chi connectivity index (χ0n) is 17.9. The SMILES string of the molecule is CN=C(NCC1CCCOC1C(C)(C)C)NCC1CCCN1CCOC.I. The molecule has 27 heavy (non-hydrogen) atoms. The summed E-state index contributed by atoms with van der Waals surface area (Å²) < 4.78 is 11.3. The lowest BCUT2D eigenvalue weighted by atomic mass is 9.78. The average molecular weight is 496 g/mol. The van der Waals surface area contributed by atoms with Crippen LogP contribution in [0, 0.1) is 11.3 Å². The Balaban J connectivity index is 0.00000364. The first-order valence-corrected chi connectivity index (χ1v) is 10.2. The van der Waals surface area contributed by atoms with Crippen molar-refractivity contribution >= 4 is 29.9 Å². The van der Waals surface area contributed by atoms with E-state index in [1.165, 1.54) is 25.8 Å². The zero-order valence-corrected chi connectivity index (χ0v) is 20.3. The lowest BCUT2D eigenvalue weighted by Crippen LogP contribution is -2.49. The van der Waals surface area contributed by atoms with Gasteiger partial charge in [0, 0.05) is 52.4 Å². The Labute approximate surface area is 183 Å². The van der Waals surface area contributed by atoms with Crippen LogP contribution in [0.2, 0.25) is 0 Å². The molecule has 6 nitrogen and oxygen atoms in total. The van der Waals surface area contributed by atoms with E-state index in [4.69, 9.17) is 9.47 Å². The molecule has 0 aromatic carbocycles. The number of nitrogens with one attached hydrogen (secondary N) is 2. The summed E-state index contributed by atoms with van der Waals surface area (Å²) in [6.45, 7) is 12.6. The van der Waals surface area contributed by atoms with Gasteiger partial charge in [-0.15, -0.1) is 24.0 Å². The van der Waals surface area contributed by atoms with Crippen molar-refractivity contribution in [1.82, 2.24) is 15.5 Å². The Hall–Kier alpha value is -0.120. The Kier molecular flexibility index (Phi) is 11.5. The quantitative estimate of drug-likeness (QED) is 0.323. The molecule has 0 saturated carbocycles. The molecular weight excluding hydrogens is 455 g/mol. The van der Waals surface area contributed by atoms with Gasteiger partial charge in [-0.05, 0) is 37.6 Å². The fourth-order valence-corrected chi connectivity index (χ4v) is 4.30. The second kappa shape index (κ2) is 12.4. The van der Waals surface area contributed by atoms with Crippen molar-refractivity contribution in [3.63, 3.8) is 0 Å². The van der Waals surface area contributed by atoms with Crippen LogP contribution >= 0.6 is 24.0 Å². The van der Waals surface area contributed by atoms with Gasteiger partial charge < -0.3 is 20.1 Å². The van der Waals surface area contributed by atoms with Crippen LogP contribution in [0.3, 0.4) is 0 Å². The first kappa shape index (κ1) is 24.9. The largest absolute Gasteiger partial charge is 0.383 e. The Morgan fingerprint density at radius 2 is 1.93 bits per heavy atom. The number of likely N-dealkylation sites (tertiary alicyclic amines) is 1. The predicted octanol–water partition coefficient (Wildman–Crippen LogP) is 2.72. The minimum Gasteiger partial charge on any atom is -0.383 e. The number of hydrogen-bond acceptors (Lipinski definition) is 4. The minimum absolute atomic E-state index is 0. The van der Waals surface area contributed by atoms with Crippen LogP contribution in [0.4, 0.5) is 0 Å². The molecule has 0 aromatic heterocycles. The van der Waals surface area contributed by atoms with Gasteiger partial charge in [-0.3, -0.25) is 9.89 Å². The summed E-state index contributed by atoms with van der Waals surface area (Å²) in [5.41, 5.74) is 0.176. The van der Waals surface area contributed by atoms with Crippen LogP contribution in [0.1, 0.15) is 46.5 Å². The Morgan fingerprint density at radius 3 is 2.59 bits per heavy atom. The van der Waals surface area contributed by atoms with Gasteiger partial charge in [0.2, 0.25) is 0 Å².